The summed E-state index contributed by atoms with van der Waals surface area (Å²) >= 11 is 0. The molecule has 2 aromatic rings. The van der Waals surface area contributed by atoms with Crippen molar-refractivity contribution in [2.45, 2.75) is 27.3 Å². The maximum Gasteiger partial charge on any atom is 0.194 e. The second-order valence-corrected chi connectivity index (χ2v) is 5.15. The van der Waals surface area contributed by atoms with Crippen molar-refractivity contribution in [3.8, 4) is 11.3 Å². The molecule has 108 valence electrons. The molecule has 0 bridgehead atoms. The monoisotopic (exact) mass is 283 g/mol. The highest BCUT2D eigenvalue weighted by atomic mass is 19.2. The van der Waals surface area contributed by atoms with Crippen molar-refractivity contribution in [3.05, 3.63) is 35.4 Å². The lowest BCUT2D eigenvalue weighted by Gasteiger charge is -2.10. The van der Waals surface area contributed by atoms with Gasteiger partial charge in [0.05, 0.1) is 0 Å². The number of benzene rings is 1. The van der Waals surface area contributed by atoms with Gasteiger partial charge in [-0.15, -0.1) is 0 Å². The maximum atomic E-state index is 13.3. The van der Waals surface area contributed by atoms with E-state index in [2.05, 4.69) is 4.98 Å². The van der Waals surface area contributed by atoms with E-state index in [-0.39, 0.29) is 11.3 Å². The highest BCUT2D eigenvalue weighted by Crippen LogP contribution is 2.29. The van der Waals surface area contributed by atoms with Crippen LogP contribution in [0.5, 0.6) is 0 Å². The summed E-state index contributed by atoms with van der Waals surface area (Å²) in [5.74, 6) is -2.69. The van der Waals surface area contributed by atoms with Gasteiger partial charge in [0, 0.05) is 12.1 Å². The Morgan fingerprint density at radius 3 is 2.25 bits per heavy atom. The molecule has 0 atom stereocenters. The van der Waals surface area contributed by atoms with Gasteiger partial charge in [-0.25, -0.2) is 18.2 Å². The molecular formula is C14H16F3N3. The molecule has 6 heteroatoms. The molecule has 0 saturated carbocycles. The van der Waals surface area contributed by atoms with Crippen molar-refractivity contribution in [1.29, 1.82) is 0 Å². The predicted octanol–water partition coefficient (Wildman–Crippen LogP) is 3.51. The summed E-state index contributed by atoms with van der Waals surface area (Å²) in [7, 11) is 0. The fraction of sp³-hybridized carbons (Fsp3) is 0.357. The lowest BCUT2D eigenvalue weighted by Crippen LogP contribution is -2.09. The van der Waals surface area contributed by atoms with E-state index >= 15 is 0 Å². The number of nitrogens with two attached hydrogens (primary N) is 1. The van der Waals surface area contributed by atoms with Crippen LogP contribution in [-0.2, 0) is 6.54 Å². The van der Waals surface area contributed by atoms with E-state index in [9.17, 15) is 13.2 Å². The van der Waals surface area contributed by atoms with Gasteiger partial charge in [0.25, 0.3) is 0 Å². The van der Waals surface area contributed by atoms with Crippen LogP contribution in [0.15, 0.2) is 12.1 Å². The van der Waals surface area contributed by atoms with Gasteiger partial charge >= 0.3 is 0 Å². The number of nitrogens with zero attached hydrogens (tertiary/aromatic N) is 2. The van der Waals surface area contributed by atoms with E-state index in [1.165, 1.54) is 0 Å². The topological polar surface area (TPSA) is 43.8 Å². The molecule has 1 heterocycles. The van der Waals surface area contributed by atoms with Gasteiger partial charge in [-0.3, -0.25) is 0 Å². The molecule has 0 unspecified atom stereocenters. The van der Waals surface area contributed by atoms with Gasteiger partial charge in [0.2, 0.25) is 0 Å². The highest BCUT2D eigenvalue weighted by molar-refractivity contribution is 5.71. The third-order valence-corrected chi connectivity index (χ3v) is 3.00. The predicted molar refractivity (Wildman–Crippen MR) is 71.5 cm³/mol. The van der Waals surface area contributed by atoms with Gasteiger partial charge in [-0.1, -0.05) is 13.8 Å². The molecule has 2 rings (SSSR count). The van der Waals surface area contributed by atoms with Gasteiger partial charge < -0.3 is 10.3 Å². The number of anilines is 1. The van der Waals surface area contributed by atoms with Crippen LogP contribution in [0.1, 0.15) is 19.7 Å². The van der Waals surface area contributed by atoms with Crippen molar-refractivity contribution < 1.29 is 13.2 Å². The fourth-order valence-electron chi connectivity index (χ4n) is 2.08. The quantitative estimate of drug-likeness (QED) is 0.876. The van der Waals surface area contributed by atoms with Crippen LogP contribution in [0.3, 0.4) is 0 Å². The average molecular weight is 283 g/mol. The summed E-state index contributed by atoms with van der Waals surface area (Å²) in [6, 6.07) is 1.80. The summed E-state index contributed by atoms with van der Waals surface area (Å²) in [5, 5.41) is 0. The molecule has 0 aliphatic carbocycles. The van der Waals surface area contributed by atoms with Crippen LogP contribution in [0.2, 0.25) is 0 Å². The average Bonchev–Trinajstić information content (AvgIpc) is 2.63. The molecule has 0 saturated heterocycles. The molecule has 0 spiro atoms. The van der Waals surface area contributed by atoms with Gasteiger partial charge in [-0.2, -0.15) is 0 Å². The Labute approximate surface area is 115 Å². The van der Waals surface area contributed by atoms with E-state index in [1.807, 2.05) is 13.8 Å². The van der Waals surface area contributed by atoms with E-state index in [1.54, 1.807) is 11.5 Å². The number of aromatic nitrogens is 2. The molecule has 0 aliphatic rings. The molecule has 0 aliphatic heterocycles. The molecule has 0 fully saturated rings. The van der Waals surface area contributed by atoms with Crippen LogP contribution in [0.4, 0.5) is 19.0 Å². The maximum absolute atomic E-state index is 13.3. The van der Waals surface area contributed by atoms with E-state index in [0.717, 1.165) is 12.1 Å². The lowest BCUT2D eigenvalue weighted by molar-refractivity contribution is 0.447. The van der Waals surface area contributed by atoms with Crippen LogP contribution < -0.4 is 5.73 Å². The first-order chi connectivity index (χ1) is 9.31. The summed E-state index contributed by atoms with van der Waals surface area (Å²) in [6.07, 6.45) is 0. The van der Waals surface area contributed by atoms with Crippen molar-refractivity contribution >= 4 is 5.82 Å². The molecule has 0 radical (unpaired) electrons. The molecular weight excluding hydrogens is 267 g/mol. The Kier molecular flexibility index (Phi) is 3.74. The van der Waals surface area contributed by atoms with E-state index in [4.69, 9.17) is 5.73 Å². The molecule has 3 nitrogen and oxygen atoms in total. The zero-order chi connectivity index (χ0) is 15.0. The zero-order valence-electron chi connectivity index (χ0n) is 11.5. The second-order valence-electron chi connectivity index (χ2n) is 5.15. The third kappa shape index (κ3) is 2.50. The first kappa shape index (κ1) is 14.4. The zero-order valence-corrected chi connectivity index (χ0v) is 11.5. The number of nitrogen functional groups attached to an aromatic ring is 1. The highest BCUT2D eigenvalue weighted by Gasteiger charge is 2.18. The molecule has 20 heavy (non-hydrogen) atoms. The van der Waals surface area contributed by atoms with E-state index < -0.39 is 17.5 Å². The van der Waals surface area contributed by atoms with Gasteiger partial charge in [0.15, 0.2) is 17.5 Å². The largest absolute Gasteiger partial charge is 0.383 e. The first-order valence-corrected chi connectivity index (χ1v) is 6.28. The van der Waals surface area contributed by atoms with Crippen molar-refractivity contribution in [1.82, 2.24) is 9.55 Å². The Hall–Kier alpha value is -1.98. The number of hydrogen-bond acceptors (Lipinski definition) is 2. The lowest BCUT2D eigenvalue weighted by atomic mass is 10.1. The van der Waals surface area contributed by atoms with Gasteiger partial charge in [-0.05, 0) is 25.0 Å². The Balaban J connectivity index is 2.54. The standard InChI is InChI=1S/C14H16F3N3/c1-7(2)6-20-8(3)19-13(14(20)18)9-4-10(15)12(17)11(16)5-9/h4-5,7H,6,18H2,1-3H3. The SMILES string of the molecule is Cc1nc(-c2cc(F)c(F)c(F)c2)c(N)n1CC(C)C. The summed E-state index contributed by atoms with van der Waals surface area (Å²) in [4.78, 5) is 4.23. The molecule has 1 aromatic carbocycles. The number of hydrogen-bond donors (Lipinski definition) is 1. The summed E-state index contributed by atoms with van der Waals surface area (Å²) in [6.45, 7) is 6.46. The molecule has 0 amide bonds. The second kappa shape index (κ2) is 5.19. The Morgan fingerprint density at radius 2 is 1.75 bits per heavy atom. The van der Waals surface area contributed by atoms with Crippen LogP contribution >= 0.6 is 0 Å². The minimum Gasteiger partial charge on any atom is -0.383 e. The summed E-state index contributed by atoms with van der Waals surface area (Å²) < 4.78 is 41.3. The minimum absolute atomic E-state index is 0.129. The molecule has 2 N–H and O–H groups in total. The van der Waals surface area contributed by atoms with E-state index in [0.29, 0.717) is 24.1 Å². The summed E-state index contributed by atoms with van der Waals surface area (Å²) in [5.41, 5.74) is 6.38. The number of rotatable bonds is 3. The Morgan fingerprint density at radius 1 is 1.20 bits per heavy atom. The fourth-order valence-corrected chi connectivity index (χ4v) is 2.08. The van der Waals surface area contributed by atoms with Crippen molar-refractivity contribution in [2.75, 3.05) is 5.73 Å². The number of imidazole rings is 1. The number of aryl methyl sites for hydroxylation is 1. The third-order valence-electron chi connectivity index (χ3n) is 3.00. The first-order valence-electron chi connectivity index (χ1n) is 6.28. The normalized spacial score (nSPS) is 11.3. The van der Waals surface area contributed by atoms with Crippen LogP contribution in [0, 0.1) is 30.3 Å². The number of halogens is 3. The van der Waals surface area contributed by atoms with Crippen molar-refractivity contribution in [3.63, 3.8) is 0 Å². The van der Waals surface area contributed by atoms with Gasteiger partial charge in [0.1, 0.15) is 17.3 Å². The van der Waals surface area contributed by atoms with Crippen LogP contribution in [0.25, 0.3) is 11.3 Å². The van der Waals surface area contributed by atoms with Crippen LogP contribution in [-0.4, -0.2) is 9.55 Å². The smallest absolute Gasteiger partial charge is 0.194 e. The molecule has 1 aromatic heterocycles. The Bertz CT molecular complexity index is 624. The van der Waals surface area contributed by atoms with Crippen molar-refractivity contribution in [2.24, 2.45) is 5.92 Å². The minimum atomic E-state index is -1.49.